The number of rotatable bonds is 9. The van der Waals surface area contributed by atoms with Gasteiger partial charge in [0, 0.05) is 24.0 Å². The van der Waals surface area contributed by atoms with E-state index in [4.69, 9.17) is 13.9 Å². The van der Waals surface area contributed by atoms with Crippen molar-refractivity contribution in [2.24, 2.45) is 11.8 Å². The third-order valence-electron chi connectivity index (χ3n) is 6.43. The summed E-state index contributed by atoms with van der Waals surface area (Å²) in [4.78, 5) is 37.9. The Morgan fingerprint density at radius 1 is 1.02 bits per heavy atom. The molecular formula is C28H32N2O8S2. The summed E-state index contributed by atoms with van der Waals surface area (Å²) in [5.41, 5.74) is 0.730. The lowest BCUT2D eigenvalue weighted by molar-refractivity contribution is -0.119. The van der Waals surface area contributed by atoms with E-state index in [0.29, 0.717) is 30.2 Å². The minimum Gasteiger partial charge on any atom is -0.462 e. The van der Waals surface area contributed by atoms with E-state index in [-0.39, 0.29) is 39.5 Å². The average molecular weight is 589 g/mol. The summed E-state index contributed by atoms with van der Waals surface area (Å²) in [6.07, 6.45) is 0.978. The first kappa shape index (κ1) is 29.5. The zero-order valence-corrected chi connectivity index (χ0v) is 24.4. The fourth-order valence-corrected chi connectivity index (χ4v) is 7.34. The van der Waals surface area contributed by atoms with Crippen LogP contribution in [0.5, 0.6) is 0 Å². The van der Waals surface area contributed by atoms with Gasteiger partial charge in [-0.25, -0.2) is 18.0 Å². The van der Waals surface area contributed by atoms with E-state index in [1.807, 2.05) is 13.8 Å². The normalized spacial score (nSPS) is 17.8. The van der Waals surface area contributed by atoms with Gasteiger partial charge in [0.15, 0.2) is 6.61 Å². The number of ether oxygens (including phenoxy) is 2. The quantitative estimate of drug-likeness (QED) is 0.347. The molecular weight excluding hydrogens is 556 g/mol. The van der Waals surface area contributed by atoms with E-state index in [2.05, 4.69) is 5.32 Å². The van der Waals surface area contributed by atoms with Crippen LogP contribution >= 0.6 is 11.3 Å². The van der Waals surface area contributed by atoms with Crippen molar-refractivity contribution in [1.82, 2.24) is 4.31 Å². The Morgan fingerprint density at radius 3 is 2.30 bits per heavy atom. The molecule has 3 aromatic rings. The van der Waals surface area contributed by atoms with Crippen LogP contribution in [0.2, 0.25) is 0 Å². The maximum Gasteiger partial charge on any atom is 0.341 e. The molecule has 0 aliphatic carbocycles. The summed E-state index contributed by atoms with van der Waals surface area (Å²) in [5.74, 6) is -0.417. The van der Waals surface area contributed by atoms with Gasteiger partial charge in [-0.3, -0.25) is 4.79 Å². The first-order valence-corrected chi connectivity index (χ1v) is 15.2. The molecule has 12 heteroatoms. The Hall–Kier alpha value is -3.48. The monoisotopic (exact) mass is 588 g/mol. The number of benzene rings is 1. The molecule has 1 aromatic carbocycles. The van der Waals surface area contributed by atoms with Gasteiger partial charge in [0.25, 0.3) is 5.91 Å². The molecule has 2 atom stereocenters. The maximum atomic E-state index is 13.1. The van der Waals surface area contributed by atoms with Gasteiger partial charge in [-0.15, -0.1) is 11.3 Å². The van der Waals surface area contributed by atoms with Crippen LogP contribution in [0.3, 0.4) is 0 Å². The number of aryl methyl sites for hydroxylation is 1. The number of sulfonamides is 1. The molecule has 1 aliphatic rings. The number of nitrogens with zero attached hydrogens (tertiary/aromatic N) is 1. The van der Waals surface area contributed by atoms with Gasteiger partial charge in [0.05, 0.1) is 17.1 Å². The van der Waals surface area contributed by atoms with Crippen molar-refractivity contribution in [3.05, 3.63) is 58.7 Å². The first-order valence-electron chi connectivity index (χ1n) is 12.9. The van der Waals surface area contributed by atoms with Crippen LogP contribution in [0, 0.1) is 18.8 Å². The molecule has 4 rings (SSSR count). The lowest BCUT2D eigenvalue weighted by Gasteiger charge is -2.34. The number of hydrogen-bond acceptors (Lipinski definition) is 9. The van der Waals surface area contributed by atoms with Crippen LogP contribution in [0.4, 0.5) is 5.00 Å². The van der Waals surface area contributed by atoms with E-state index in [0.717, 1.165) is 17.8 Å². The average Bonchev–Trinajstić information content (AvgIpc) is 3.52. The van der Waals surface area contributed by atoms with E-state index >= 15 is 0 Å². The van der Waals surface area contributed by atoms with E-state index in [1.165, 1.54) is 28.6 Å². The van der Waals surface area contributed by atoms with Crippen molar-refractivity contribution in [3.63, 3.8) is 0 Å². The van der Waals surface area contributed by atoms with Crippen molar-refractivity contribution >= 4 is 44.2 Å². The lowest BCUT2D eigenvalue weighted by Crippen LogP contribution is -2.42. The van der Waals surface area contributed by atoms with Crippen LogP contribution in [-0.4, -0.2) is 56.9 Å². The maximum absolute atomic E-state index is 13.1. The Labute approximate surface area is 237 Å². The second-order valence-corrected chi connectivity index (χ2v) is 12.7. The molecule has 2 aromatic heterocycles. The summed E-state index contributed by atoms with van der Waals surface area (Å²) in [5, 5.41) is 4.51. The van der Waals surface area contributed by atoms with Gasteiger partial charge in [-0.2, -0.15) is 4.31 Å². The molecule has 0 saturated carbocycles. The van der Waals surface area contributed by atoms with Crippen LogP contribution in [0.1, 0.15) is 53.7 Å². The molecule has 1 N–H and O–H groups in total. The first-order chi connectivity index (χ1) is 19.0. The molecule has 1 amide bonds. The zero-order chi connectivity index (χ0) is 29.0. The number of carbonyl (C=O) groups excluding carboxylic acids is 3. The number of furan rings is 1. The van der Waals surface area contributed by atoms with Gasteiger partial charge < -0.3 is 19.2 Å². The number of thiophene rings is 1. The predicted octanol–water partition coefficient (Wildman–Crippen LogP) is 4.96. The molecule has 0 spiro atoms. The van der Waals surface area contributed by atoms with Crippen LogP contribution in [-0.2, 0) is 24.3 Å². The third-order valence-corrected chi connectivity index (χ3v) is 9.17. The number of anilines is 1. The van der Waals surface area contributed by atoms with Crippen LogP contribution in [0.15, 0.2) is 51.1 Å². The van der Waals surface area contributed by atoms with Gasteiger partial charge >= 0.3 is 11.9 Å². The van der Waals surface area contributed by atoms with Crippen LogP contribution in [0.25, 0.3) is 11.3 Å². The summed E-state index contributed by atoms with van der Waals surface area (Å²) in [6, 6.07) is 8.93. The molecule has 0 radical (unpaired) electrons. The van der Waals surface area contributed by atoms with Gasteiger partial charge in [-0.1, -0.05) is 13.8 Å². The van der Waals surface area contributed by atoms with E-state index in [1.54, 1.807) is 31.4 Å². The standard InChI is InChI=1S/C28H32N2O8S2/c1-5-36-28(33)25-22(23-11-6-19(4)38-23)16-39-26(25)29-24(31)15-37-27(32)20-7-9-21(10-8-20)40(34,35)30-13-17(2)12-18(3)14-30/h6-11,16-18H,5,12-15H2,1-4H3,(H,29,31). The fraction of sp³-hybridized carbons (Fsp3) is 0.393. The minimum atomic E-state index is -3.69. The predicted molar refractivity (Wildman–Crippen MR) is 150 cm³/mol. The largest absolute Gasteiger partial charge is 0.462 e. The Kier molecular flexibility index (Phi) is 9.12. The molecule has 1 aliphatic heterocycles. The summed E-state index contributed by atoms with van der Waals surface area (Å²) in [7, 11) is -3.69. The zero-order valence-electron chi connectivity index (χ0n) is 22.8. The second-order valence-electron chi connectivity index (χ2n) is 9.90. The highest BCUT2D eigenvalue weighted by molar-refractivity contribution is 7.89. The molecule has 1 saturated heterocycles. The van der Waals surface area contributed by atoms with Gasteiger partial charge in [0.2, 0.25) is 10.0 Å². The molecule has 3 heterocycles. The van der Waals surface area contributed by atoms with Crippen molar-refractivity contribution in [2.45, 2.75) is 39.0 Å². The van der Waals surface area contributed by atoms with Crippen molar-refractivity contribution in [3.8, 4) is 11.3 Å². The Bertz CT molecular complexity index is 1480. The summed E-state index contributed by atoms with van der Waals surface area (Å²) >= 11 is 1.11. The highest BCUT2D eigenvalue weighted by Crippen LogP contribution is 2.37. The highest BCUT2D eigenvalue weighted by Gasteiger charge is 2.32. The van der Waals surface area contributed by atoms with Crippen molar-refractivity contribution in [1.29, 1.82) is 0 Å². The number of piperidine rings is 1. The second kappa shape index (κ2) is 12.4. The highest BCUT2D eigenvalue weighted by atomic mass is 32.2. The molecule has 0 bridgehead atoms. The molecule has 1 fully saturated rings. The topological polar surface area (TPSA) is 132 Å². The minimum absolute atomic E-state index is 0.0924. The summed E-state index contributed by atoms with van der Waals surface area (Å²) in [6.45, 7) is 7.95. The number of amides is 1. The van der Waals surface area contributed by atoms with E-state index < -0.39 is 34.5 Å². The van der Waals surface area contributed by atoms with Crippen LogP contribution < -0.4 is 5.32 Å². The Balaban J connectivity index is 1.40. The number of hydrogen-bond donors (Lipinski definition) is 1. The van der Waals surface area contributed by atoms with E-state index in [9.17, 15) is 22.8 Å². The number of esters is 2. The SMILES string of the molecule is CCOC(=O)c1c(-c2ccc(C)o2)csc1NC(=O)COC(=O)c1ccc(S(=O)(=O)N2CC(C)CC(C)C2)cc1. The van der Waals surface area contributed by atoms with Crippen molar-refractivity contribution in [2.75, 3.05) is 31.6 Å². The summed E-state index contributed by atoms with van der Waals surface area (Å²) < 4.78 is 43.6. The Morgan fingerprint density at radius 2 is 1.70 bits per heavy atom. The smallest absolute Gasteiger partial charge is 0.341 e. The molecule has 10 nitrogen and oxygen atoms in total. The number of carbonyl (C=O) groups is 3. The van der Waals surface area contributed by atoms with Crippen molar-refractivity contribution < 1.29 is 36.7 Å². The molecule has 40 heavy (non-hydrogen) atoms. The number of nitrogens with one attached hydrogen (secondary N) is 1. The third kappa shape index (κ3) is 6.62. The van der Waals surface area contributed by atoms with Gasteiger partial charge in [0.1, 0.15) is 22.1 Å². The van der Waals surface area contributed by atoms with Gasteiger partial charge in [-0.05, 0) is 68.5 Å². The molecule has 2 unspecified atom stereocenters. The fourth-order valence-electron chi connectivity index (χ4n) is 4.71. The molecule has 214 valence electrons. The lowest BCUT2D eigenvalue weighted by atomic mass is 9.94.